The van der Waals surface area contributed by atoms with Gasteiger partial charge in [0, 0.05) is 18.5 Å². The molecule has 0 fully saturated rings. The van der Waals surface area contributed by atoms with Gasteiger partial charge in [-0.15, -0.1) is 11.3 Å². The minimum Gasteiger partial charge on any atom is -0.493 e. The third kappa shape index (κ3) is 6.79. The van der Waals surface area contributed by atoms with Crippen LogP contribution in [0.3, 0.4) is 0 Å². The lowest BCUT2D eigenvalue weighted by molar-refractivity contribution is 0.0691. The molecule has 1 heterocycles. The molecular formula is C26H32N2O4S. The summed E-state index contributed by atoms with van der Waals surface area (Å²) in [7, 11) is 3.27. The van der Waals surface area contributed by atoms with Gasteiger partial charge in [0.2, 0.25) is 0 Å². The minimum atomic E-state index is -0.993. The molecule has 176 valence electrons. The van der Waals surface area contributed by atoms with Crippen LogP contribution in [0.15, 0.2) is 47.8 Å². The molecule has 0 radical (unpaired) electrons. The fourth-order valence-electron chi connectivity index (χ4n) is 3.58. The smallest absolute Gasteiger partial charge is 0.355 e. The van der Waals surface area contributed by atoms with Crippen LogP contribution in [0, 0.1) is 0 Å². The fourth-order valence-corrected chi connectivity index (χ4v) is 4.39. The van der Waals surface area contributed by atoms with Gasteiger partial charge in [0.15, 0.2) is 17.2 Å². The molecule has 1 aromatic heterocycles. The summed E-state index contributed by atoms with van der Waals surface area (Å²) in [6, 6.07) is 14.7. The zero-order chi connectivity index (χ0) is 24.0. The number of ether oxygens (including phenoxy) is 2. The summed E-state index contributed by atoms with van der Waals surface area (Å²) < 4.78 is 10.8. The molecule has 3 rings (SSSR count). The number of aromatic nitrogens is 1. The summed E-state index contributed by atoms with van der Waals surface area (Å²) in [5.41, 5.74) is 3.87. The normalized spacial score (nSPS) is 11.6. The quantitative estimate of drug-likeness (QED) is 0.429. The Morgan fingerprint density at radius 1 is 1.00 bits per heavy atom. The van der Waals surface area contributed by atoms with E-state index in [1.807, 2.05) is 18.2 Å². The Labute approximate surface area is 199 Å². The average molecular weight is 469 g/mol. The van der Waals surface area contributed by atoms with E-state index in [4.69, 9.17) is 9.47 Å². The molecule has 0 bridgehead atoms. The number of carboxylic acid groups (broad SMARTS) is 1. The highest BCUT2D eigenvalue weighted by atomic mass is 32.1. The topological polar surface area (TPSA) is 71.9 Å². The Hall–Kier alpha value is -2.90. The van der Waals surface area contributed by atoms with Gasteiger partial charge in [-0.3, -0.25) is 4.90 Å². The highest BCUT2D eigenvalue weighted by molar-refractivity contribution is 7.09. The molecule has 6 nitrogen and oxygen atoms in total. The van der Waals surface area contributed by atoms with Crippen LogP contribution in [0.1, 0.15) is 53.0 Å². The molecule has 0 saturated heterocycles. The number of carboxylic acids is 1. The molecule has 7 heteroatoms. The van der Waals surface area contributed by atoms with E-state index in [2.05, 4.69) is 54.9 Å². The number of aromatic carboxylic acids is 1. The molecule has 33 heavy (non-hydrogen) atoms. The molecule has 0 amide bonds. The second-order valence-electron chi connectivity index (χ2n) is 9.03. The molecule has 0 saturated carbocycles. The third-order valence-electron chi connectivity index (χ3n) is 5.52. The van der Waals surface area contributed by atoms with E-state index in [0.717, 1.165) is 30.1 Å². The van der Waals surface area contributed by atoms with E-state index in [0.29, 0.717) is 18.0 Å². The summed E-state index contributed by atoms with van der Waals surface area (Å²) >= 11 is 1.39. The molecular weight excluding hydrogens is 436 g/mol. The van der Waals surface area contributed by atoms with Crippen molar-refractivity contribution in [3.05, 3.63) is 75.2 Å². The van der Waals surface area contributed by atoms with Gasteiger partial charge in [-0.2, -0.15) is 0 Å². The van der Waals surface area contributed by atoms with E-state index >= 15 is 0 Å². The maximum Gasteiger partial charge on any atom is 0.355 e. The van der Waals surface area contributed by atoms with Gasteiger partial charge < -0.3 is 14.6 Å². The summed E-state index contributed by atoms with van der Waals surface area (Å²) in [5, 5.41) is 11.6. The van der Waals surface area contributed by atoms with Crippen molar-refractivity contribution in [2.75, 3.05) is 20.8 Å². The van der Waals surface area contributed by atoms with E-state index in [1.54, 1.807) is 19.6 Å². The number of hydrogen-bond donors (Lipinski definition) is 1. The molecule has 0 aliphatic heterocycles. The Morgan fingerprint density at radius 3 is 2.24 bits per heavy atom. The maximum atomic E-state index is 11.2. The lowest BCUT2D eigenvalue weighted by Crippen LogP contribution is -2.25. The fraction of sp³-hybridized carbons (Fsp3) is 0.385. The summed E-state index contributed by atoms with van der Waals surface area (Å²) in [5.74, 6) is 0.429. The van der Waals surface area contributed by atoms with Gasteiger partial charge >= 0.3 is 5.97 Å². The molecule has 3 aromatic rings. The number of rotatable bonds is 10. The molecule has 0 aliphatic rings. The first kappa shape index (κ1) is 24.7. The van der Waals surface area contributed by atoms with E-state index < -0.39 is 5.97 Å². The van der Waals surface area contributed by atoms with Crippen LogP contribution in [0.4, 0.5) is 0 Å². The molecule has 0 unspecified atom stereocenters. The Kier molecular flexibility index (Phi) is 8.10. The van der Waals surface area contributed by atoms with Crippen molar-refractivity contribution in [3.8, 4) is 11.5 Å². The van der Waals surface area contributed by atoms with Crippen molar-refractivity contribution in [1.82, 2.24) is 9.88 Å². The van der Waals surface area contributed by atoms with Crippen molar-refractivity contribution >= 4 is 17.3 Å². The van der Waals surface area contributed by atoms with Gasteiger partial charge in [-0.1, -0.05) is 51.1 Å². The number of thiazole rings is 1. The maximum absolute atomic E-state index is 11.2. The Balaban J connectivity index is 1.76. The van der Waals surface area contributed by atoms with Gasteiger partial charge in [0.25, 0.3) is 0 Å². The van der Waals surface area contributed by atoms with E-state index in [1.165, 1.54) is 22.5 Å². The van der Waals surface area contributed by atoms with Crippen molar-refractivity contribution in [2.24, 2.45) is 0 Å². The van der Waals surface area contributed by atoms with E-state index in [9.17, 15) is 9.90 Å². The van der Waals surface area contributed by atoms with Crippen LogP contribution in [0.25, 0.3) is 0 Å². The van der Waals surface area contributed by atoms with Crippen LogP contribution in [0.2, 0.25) is 0 Å². The monoisotopic (exact) mass is 468 g/mol. The van der Waals surface area contributed by atoms with Crippen LogP contribution in [-0.4, -0.2) is 41.7 Å². The first-order valence-corrected chi connectivity index (χ1v) is 11.8. The number of nitrogens with zero attached hydrogens (tertiary/aromatic N) is 2. The van der Waals surface area contributed by atoms with Crippen molar-refractivity contribution in [1.29, 1.82) is 0 Å². The second-order valence-corrected chi connectivity index (χ2v) is 9.97. The third-order valence-corrected chi connectivity index (χ3v) is 6.35. The second kappa shape index (κ2) is 10.8. The number of carbonyl (C=O) groups is 1. The van der Waals surface area contributed by atoms with Crippen molar-refractivity contribution in [3.63, 3.8) is 0 Å². The summed E-state index contributed by atoms with van der Waals surface area (Å²) in [4.78, 5) is 17.8. The number of benzene rings is 2. The van der Waals surface area contributed by atoms with Crippen LogP contribution >= 0.6 is 11.3 Å². The Bertz CT molecular complexity index is 1070. The van der Waals surface area contributed by atoms with Gasteiger partial charge in [-0.05, 0) is 40.7 Å². The van der Waals surface area contributed by atoms with Crippen molar-refractivity contribution < 1.29 is 19.4 Å². The lowest BCUT2D eigenvalue weighted by Gasteiger charge is -2.23. The molecule has 1 N–H and O–H groups in total. The average Bonchev–Trinajstić information content (AvgIpc) is 3.26. The van der Waals surface area contributed by atoms with Crippen molar-refractivity contribution in [2.45, 2.75) is 45.7 Å². The van der Waals surface area contributed by atoms with E-state index in [-0.39, 0.29) is 11.1 Å². The zero-order valence-electron chi connectivity index (χ0n) is 19.9. The first-order valence-electron chi connectivity index (χ1n) is 10.9. The summed E-state index contributed by atoms with van der Waals surface area (Å²) in [6.45, 7) is 8.75. The predicted octanol–water partition coefficient (Wildman–Crippen LogP) is 5.40. The highest BCUT2D eigenvalue weighted by Crippen LogP contribution is 2.28. The van der Waals surface area contributed by atoms with Crippen LogP contribution in [0.5, 0.6) is 11.5 Å². The number of hydrogen-bond acceptors (Lipinski definition) is 6. The molecule has 0 aliphatic carbocycles. The molecule has 2 aromatic carbocycles. The van der Waals surface area contributed by atoms with Gasteiger partial charge in [-0.25, -0.2) is 9.78 Å². The largest absolute Gasteiger partial charge is 0.493 e. The Morgan fingerprint density at radius 2 is 1.67 bits per heavy atom. The predicted molar refractivity (Wildman–Crippen MR) is 132 cm³/mol. The lowest BCUT2D eigenvalue weighted by atomic mass is 9.87. The summed E-state index contributed by atoms with van der Waals surface area (Å²) in [6.07, 6.45) is 0.817. The zero-order valence-corrected chi connectivity index (χ0v) is 20.7. The van der Waals surface area contributed by atoms with Crippen LogP contribution in [-0.2, 0) is 24.9 Å². The highest BCUT2D eigenvalue weighted by Gasteiger charge is 2.16. The SMILES string of the molecule is COc1ccc(CCN(Cc2ccc(C(C)(C)C)cc2)Cc2nc(C(=O)O)cs2)cc1OC. The number of methoxy groups -OCH3 is 2. The van der Waals surface area contributed by atoms with Gasteiger partial charge in [0.1, 0.15) is 5.01 Å². The van der Waals surface area contributed by atoms with Gasteiger partial charge in [0.05, 0.1) is 20.8 Å². The standard InChI is InChI=1S/C26H32N2O4S/c1-26(2,3)20-9-6-19(7-10-20)15-28(16-24-27-21(17-33-24)25(29)30)13-12-18-8-11-22(31-4)23(14-18)32-5/h6-11,14,17H,12-13,15-16H2,1-5H3,(H,29,30). The molecule has 0 spiro atoms. The molecule has 0 atom stereocenters. The van der Waals surface area contributed by atoms with Crippen LogP contribution < -0.4 is 9.47 Å². The minimum absolute atomic E-state index is 0.101. The first-order chi connectivity index (χ1) is 15.7.